The Labute approximate surface area is 472 Å². The van der Waals surface area contributed by atoms with E-state index < -0.39 is 15.8 Å². The molecular formula is C73H100O2P2. The van der Waals surface area contributed by atoms with E-state index in [1.807, 2.05) is 0 Å². The molecule has 0 radical (unpaired) electrons. The van der Waals surface area contributed by atoms with Gasteiger partial charge in [0, 0.05) is 17.5 Å². The lowest BCUT2D eigenvalue weighted by molar-refractivity contribution is 0.134. The minimum absolute atomic E-state index is 0.0800. The Bertz CT molecular complexity index is 2620. The number of ether oxygens (including phenoxy) is 2. The van der Waals surface area contributed by atoms with Gasteiger partial charge in [0.1, 0.15) is 11.5 Å². The number of hydrogen-bond acceptors (Lipinski definition) is 2. The second kappa shape index (κ2) is 21.0. The van der Waals surface area contributed by atoms with Crippen LogP contribution in [0.15, 0.2) is 109 Å². The number of hydrogen-bond donors (Lipinski definition) is 0. The Hall–Kier alpha value is -4.22. The molecule has 0 fully saturated rings. The predicted molar refractivity (Wildman–Crippen MR) is 344 cm³/mol. The highest BCUT2D eigenvalue weighted by molar-refractivity contribution is 7.80. The smallest absolute Gasteiger partial charge is 0.128 e. The van der Waals surface area contributed by atoms with Crippen molar-refractivity contribution < 1.29 is 9.47 Å². The third-order valence-corrected chi connectivity index (χ3v) is 20.5. The van der Waals surface area contributed by atoms with Gasteiger partial charge in [0.25, 0.3) is 0 Å². The van der Waals surface area contributed by atoms with E-state index in [4.69, 9.17) is 9.47 Å². The summed E-state index contributed by atoms with van der Waals surface area (Å²) in [5.41, 5.74) is 12.6. The molecule has 0 amide bonds. The quantitative estimate of drug-likeness (QED) is 0.155. The Morgan fingerprint density at radius 2 is 0.494 bits per heavy atom. The summed E-state index contributed by atoms with van der Waals surface area (Å²) in [6.07, 6.45) is 0.578. The van der Waals surface area contributed by atoms with Gasteiger partial charge in [-0.05, 0) is 161 Å². The van der Waals surface area contributed by atoms with Gasteiger partial charge in [0.2, 0.25) is 0 Å². The second-order valence-electron chi connectivity index (χ2n) is 31.1. The van der Waals surface area contributed by atoms with Gasteiger partial charge in [-0.3, -0.25) is 0 Å². The largest absolute Gasteiger partial charge is 0.490 e. The van der Waals surface area contributed by atoms with Crippen LogP contribution in [0.2, 0.25) is 0 Å². The summed E-state index contributed by atoms with van der Waals surface area (Å²) in [6, 6.07) is 44.5. The summed E-state index contributed by atoms with van der Waals surface area (Å²) in [5, 5.41) is 8.03. The van der Waals surface area contributed by atoms with E-state index in [0.29, 0.717) is 0 Å². The van der Waals surface area contributed by atoms with Gasteiger partial charge in [0.05, 0.1) is 12.2 Å². The Balaban J connectivity index is 1.77. The van der Waals surface area contributed by atoms with Gasteiger partial charge >= 0.3 is 0 Å². The first-order valence-electron chi connectivity index (χ1n) is 28.9. The summed E-state index contributed by atoms with van der Waals surface area (Å²) in [4.78, 5) is 0. The minimum Gasteiger partial charge on any atom is -0.490 e. The summed E-state index contributed by atoms with van der Waals surface area (Å²) in [7, 11) is -2.49. The average Bonchev–Trinajstić information content (AvgIpc) is 3.32. The lowest BCUT2D eigenvalue weighted by Crippen LogP contribution is -2.31. The number of benzene rings is 6. The van der Waals surface area contributed by atoms with Gasteiger partial charge in [-0.15, -0.1) is 0 Å². The van der Waals surface area contributed by atoms with Gasteiger partial charge in [0.15, 0.2) is 0 Å². The highest BCUT2D eigenvalue weighted by atomic mass is 31.1. The third kappa shape index (κ3) is 13.7. The van der Waals surface area contributed by atoms with Crippen LogP contribution in [-0.4, -0.2) is 12.2 Å². The van der Waals surface area contributed by atoms with E-state index in [9.17, 15) is 0 Å². The highest BCUT2D eigenvalue weighted by Gasteiger charge is 2.36. The summed E-state index contributed by atoms with van der Waals surface area (Å²) in [6.45, 7) is 61.4. The second-order valence-corrected chi connectivity index (χ2v) is 35.5. The molecule has 6 aromatic rings. The zero-order chi connectivity index (χ0) is 57.6. The molecule has 2 unspecified atom stereocenters. The van der Waals surface area contributed by atoms with Crippen LogP contribution in [0.4, 0.5) is 0 Å². The van der Waals surface area contributed by atoms with Crippen molar-refractivity contribution in [3.63, 3.8) is 0 Å². The molecule has 0 aromatic heterocycles. The topological polar surface area (TPSA) is 18.5 Å². The van der Waals surface area contributed by atoms with Crippen LogP contribution in [-0.2, 0) is 43.3 Å². The van der Waals surface area contributed by atoms with Gasteiger partial charge in [-0.25, -0.2) is 0 Å². The molecule has 77 heavy (non-hydrogen) atoms. The van der Waals surface area contributed by atoms with Gasteiger partial charge in [-0.1, -0.05) is 263 Å². The van der Waals surface area contributed by atoms with E-state index in [1.165, 1.54) is 76.3 Å². The summed E-state index contributed by atoms with van der Waals surface area (Å²) in [5.74, 6) is 1.85. The first kappa shape index (κ1) is 60.4. The van der Waals surface area contributed by atoms with Crippen molar-refractivity contribution in [1.82, 2.24) is 0 Å². The van der Waals surface area contributed by atoms with Crippen molar-refractivity contribution >= 4 is 47.7 Å². The van der Waals surface area contributed by atoms with E-state index in [2.05, 4.69) is 289 Å². The molecule has 0 saturated carbocycles. The molecule has 2 atom stereocenters. The van der Waals surface area contributed by atoms with Crippen LogP contribution in [0, 0.1) is 0 Å². The normalized spacial score (nSPS) is 16.3. The zero-order valence-corrected chi connectivity index (χ0v) is 54.8. The fourth-order valence-corrected chi connectivity index (χ4v) is 15.6. The maximum atomic E-state index is 7.46. The summed E-state index contributed by atoms with van der Waals surface area (Å²) >= 11 is 0. The molecular weight excluding hydrogens is 971 g/mol. The standard InChI is InChI=1S/C73H100O2P2/c1-46-33-47(2)75-61-30-28-32-63(77(58-42-52(70(15,16)17)36-53(43-58)71(18,19)20)59-44-54(72(21,22)23)37-55(45-59)73(24,25)26)65(61)64-60(74-46)29-27-31-62(64)76(56-38-48(66(3,4)5)34-49(39-56)67(6,7)8)57-40-50(68(9,10)11)35-51(41-57)69(12,13)14/h27-32,34-47H,33H2,1-26H3. The first-order valence-corrected chi connectivity index (χ1v) is 31.5. The molecule has 7 rings (SSSR count). The highest BCUT2D eigenvalue weighted by Crippen LogP contribution is 2.51. The van der Waals surface area contributed by atoms with E-state index >= 15 is 0 Å². The molecule has 1 heterocycles. The molecule has 1 aliphatic rings. The minimum atomic E-state index is -1.24. The number of fused-ring (bicyclic) bond motifs is 3. The molecule has 0 spiro atoms. The average molecular weight is 1070 g/mol. The predicted octanol–water partition coefficient (Wildman–Crippen LogP) is 18.2. The van der Waals surface area contributed by atoms with Crippen molar-refractivity contribution in [2.45, 2.75) is 242 Å². The molecule has 2 nitrogen and oxygen atoms in total. The molecule has 0 bridgehead atoms. The van der Waals surface area contributed by atoms with E-state index in [-0.39, 0.29) is 55.5 Å². The van der Waals surface area contributed by atoms with Crippen LogP contribution in [0.1, 0.15) is 231 Å². The van der Waals surface area contributed by atoms with Crippen LogP contribution < -0.4 is 41.3 Å². The van der Waals surface area contributed by atoms with Crippen molar-refractivity contribution in [3.05, 3.63) is 154 Å². The maximum Gasteiger partial charge on any atom is 0.128 e. The van der Waals surface area contributed by atoms with Crippen molar-refractivity contribution in [2.75, 3.05) is 0 Å². The third-order valence-electron chi connectivity index (χ3n) is 15.7. The Kier molecular flexibility index (Phi) is 16.5. The molecule has 6 aromatic carbocycles. The fourth-order valence-electron chi connectivity index (χ4n) is 10.4. The van der Waals surface area contributed by atoms with Gasteiger partial charge in [-0.2, -0.15) is 0 Å². The molecule has 414 valence electrons. The maximum absolute atomic E-state index is 7.46. The molecule has 0 saturated heterocycles. The Morgan fingerprint density at radius 1 is 0.299 bits per heavy atom. The molecule has 1 aliphatic heterocycles. The molecule has 0 aliphatic carbocycles. The van der Waals surface area contributed by atoms with Crippen molar-refractivity contribution in [2.24, 2.45) is 0 Å². The van der Waals surface area contributed by atoms with Crippen LogP contribution in [0.25, 0.3) is 11.1 Å². The van der Waals surface area contributed by atoms with E-state index in [0.717, 1.165) is 29.0 Å². The monoisotopic (exact) mass is 1070 g/mol. The fraction of sp³-hybridized carbons (Fsp3) is 0.507. The first-order chi connectivity index (χ1) is 35.0. The SMILES string of the molecule is CC1CC(C)Oc2cccc(P(c3cc(C(C)(C)C)cc(C(C)(C)C)c3)c3cc(C(C)(C)C)cc(C(C)(C)C)c3)c2-c2c(cccc2P(c2cc(C(C)(C)C)cc(C(C)(C)C)c2)c2cc(C(C)(C)C)cc(C(C)(C)C)c2)O1. The molecule has 0 N–H and O–H groups in total. The van der Waals surface area contributed by atoms with Crippen molar-refractivity contribution in [3.8, 4) is 22.6 Å². The van der Waals surface area contributed by atoms with Crippen molar-refractivity contribution in [1.29, 1.82) is 0 Å². The summed E-state index contributed by atoms with van der Waals surface area (Å²) < 4.78 is 14.9. The number of rotatable bonds is 6. The van der Waals surface area contributed by atoms with Crippen LogP contribution >= 0.6 is 15.8 Å². The van der Waals surface area contributed by atoms with Gasteiger partial charge < -0.3 is 9.47 Å². The van der Waals surface area contributed by atoms with Crippen LogP contribution in [0.3, 0.4) is 0 Å². The lowest BCUT2D eigenvalue weighted by atomic mass is 9.81. The zero-order valence-electron chi connectivity index (χ0n) is 53.0. The molecule has 4 heteroatoms. The van der Waals surface area contributed by atoms with Crippen LogP contribution in [0.5, 0.6) is 11.5 Å². The Morgan fingerprint density at radius 3 is 0.675 bits per heavy atom. The van der Waals surface area contributed by atoms with E-state index in [1.54, 1.807) is 0 Å². The lowest BCUT2D eigenvalue weighted by Gasteiger charge is -2.34.